The van der Waals surface area contributed by atoms with Crippen molar-refractivity contribution in [2.75, 3.05) is 5.75 Å². The number of aromatic nitrogens is 1. The van der Waals surface area contributed by atoms with E-state index in [-0.39, 0.29) is 18.5 Å². The van der Waals surface area contributed by atoms with E-state index in [9.17, 15) is 9.59 Å². The van der Waals surface area contributed by atoms with Crippen molar-refractivity contribution in [3.05, 3.63) is 53.4 Å². The highest BCUT2D eigenvalue weighted by Crippen LogP contribution is 2.54. The van der Waals surface area contributed by atoms with E-state index in [0.29, 0.717) is 30.0 Å². The third-order valence-corrected chi connectivity index (χ3v) is 6.26. The van der Waals surface area contributed by atoms with Crippen LogP contribution in [-0.2, 0) is 25.8 Å². The molecule has 0 saturated carbocycles. The van der Waals surface area contributed by atoms with Gasteiger partial charge in [0.05, 0.1) is 0 Å². The molecule has 1 amide bonds. The monoisotopic (exact) mass is 358 g/mol. The predicted molar refractivity (Wildman–Crippen MR) is 91.5 cm³/mol. The van der Waals surface area contributed by atoms with Crippen LogP contribution in [0, 0.1) is 6.92 Å². The van der Waals surface area contributed by atoms with Crippen molar-refractivity contribution in [3.8, 4) is 0 Å². The van der Waals surface area contributed by atoms with E-state index in [1.54, 1.807) is 29.7 Å². The fourth-order valence-corrected chi connectivity index (χ4v) is 5.18. The Morgan fingerprint density at radius 3 is 2.96 bits per heavy atom. The Morgan fingerprint density at radius 1 is 1.44 bits per heavy atom. The van der Waals surface area contributed by atoms with Gasteiger partial charge in [0.25, 0.3) is 0 Å². The Bertz CT molecular complexity index is 806. The lowest BCUT2D eigenvalue weighted by atomic mass is 10.0. The number of rotatable bonds is 4. The Morgan fingerprint density at radius 2 is 2.24 bits per heavy atom. The highest BCUT2D eigenvalue weighted by molar-refractivity contribution is 8.00. The minimum absolute atomic E-state index is 0.00748. The molecule has 130 valence electrons. The lowest BCUT2D eigenvalue weighted by Crippen LogP contribution is -2.46. The van der Waals surface area contributed by atoms with Crippen LogP contribution in [0.4, 0.5) is 0 Å². The maximum absolute atomic E-state index is 12.6. The number of fused-ring (bicyclic) bond motifs is 1. The fraction of sp³-hybridized carbons (Fsp3) is 0.389. The van der Waals surface area contributed by atoms with Crippen LogP contribution in [0.5, 0.6) is 0 Å². The van der Waals surface area contributed by atoms with Gasteiger partial charge >= 0.3 is 5.97 Å². The van der Waals surface area contributed by atoms with E-state index >= 15 is 0 Å². The van der Waals surface area contributed by atoms with Crippen LogP contribution in [0.15, 0.2) is 40.9 Å². The minimum atomic E-state index is -0.562. The van der Waals surface area contributed by atoms with Crippen LogP contribution in [0.1, 0.15) is 29.9 Å². The van der Waals surface area contributed by atoms with Crippen LogP contribution >= 0.6 is 11.8 Å². The first-order valence-electron chi connectivity index (χ1n) is 8.21. The summed E-state index contributed by atoms with van der Waals surface area (Å²) in [5, 5.41) is 3.82. The summed E-state index contributed by atoms with van der Waals surface area (Å²) in [5.74, 6) is 0.826. The van der Waals surface area contributed by atoms with Crippen LogP contribution < -0.4 is 0 Å². The average Bonchev–Trinajstić information content (AvgIpc) is 3.30. The molecule has 2 aliphatic heterocycles. The first-order valence-corrected chi connectivity index (χ1v) is 9.19. The molecule has 0 N–H and O–H groups in total. The van der Waals surface area contributed by atoms with Gasteiger partial charge in [0.2, 0.25) is 5.91 Å². The lowest BCUT2D eigenvalue weighted by Gasteiger charge is -2.33. The molecule has 0 spiro atoms. The molecule has 2 saturated heterocycles. The predicted octanol–water partition coefficient (Wildman–Crippen LogP) is 2.62. The standard InChI is InChI=1S/C18H18N2O4S/c1-12-9-14(19-24-12)10-23-17(22)15-11-25-18(8-7-16(21)20(15)18)13-5-3-2-4-6-13/h2-6,9,15H,7-8,10-11H2,1H3/t15-,18+/m0/s1. The van der Waals surface area contributed by atoms with Gasteiger partial charge < -0.3 is 14.2 Å². The summed E-state index contributed by atoms with van der Waals surface area (Å²) in [6.45, 7) is 1.83. The molecule has 2 aromatic rings. The molecular formula is C18H18N2O4S. The number of carbonyl (C=O) groups is 2. The van der Waals surface area contributed by atoms with Gasteiger partial charge in [-0.1, -0.05) is 35.5 Å². The number of ether oxygens (including phenoxy) is 1. The third kappa shape index (κ3) is 2.72. The van der Waals surface area contributed by atoms with Crippen LogP contribution in [0.25, 0.3) is 0 Å². The summed E-state index contributed by atoms with van der Waals surface area (Å²) >= 11 is 1.65. The zero-order valence-electron chi connectivity index (χ0n) is 13.8. The summed E-state index contributed by atoms with van der Waals surface area (Å²) in [4.78, 5) is 26.4. The van der Waals surface area contributed by atoms with Gasteiger partial charge in [-0.2, -0.15) is 0 Å². The Labute approximate surface area is 149 Å². The zero-order chi connectivity index (χ0) is 17.4. The Kier molecular flexibility index (Phi) is 4.03. The number of nitrogens with zero attached hydrogens (tertiary/aromatic N) is 2. The summed E-state index contributed by atoms with van der Waals surface area (Å²) < 4.78 is 10.4. The zero-order valence-corrected chi connectivity index (χ0v) is 14.6. The topological polar surface area (TPSA) is 72.6 Å². The molecule has 25 heavy (non-hydrogen) atoms. The van der Waals surface area contributed by atoms with E-state index in [2.05, 4.69) is 5.16 Å². The first-order chi connectivity index (χ1) is 12.1. The number of esters is 1. The molecule has 4 rings (SSSR count). The first kappa shape index (κ1) is 16.2. The molecule has 1 aromatic heterocycles. The van der Waals surface area contributed by atoms with Crippen molar-refractivity contribution >= 4 is 23.6 Å². The minimum Gasteiger partial charge on any atom is -0.457 e. The van der Waals surface area contributed by atoms with Gasteiger partial charge in [0, 0.05) is 18.2 Å². The SMILES string of the molecule is Cc1cc(COC(=O)[C@@H]2CS[C@@]3(c4ccccc4)CCC(=O)N23)no1. The van der Waals surface area contributed by atoms with E-state index in [4.69, 9.17) is 9.26 Å². The van der Waals surface area contributed by atoms with Gasteiger partial charge in [0.15, 0.2) is 0 Å². The van der Waals surface area contributed by atoms with Crippen molar-refractivity contribution in [2.24, 2.45) is 0 Å². The molecule has 3 heterocycles. The molecule has 2 aliphatic rings. The second-order valence-corrected chi connectivity index (χ2v) is 7.57. The second-order valence-electron chi connectivity index (χ2n) is 6.28. The van der Waals surface area contributed by atoms with Crippen molar-refractivity contribution in [3.63, 3.8) is 0 Å². The molecule has 7 heteroatoms. The number of hydrogen-bond acceptors (Lipinski definition) is 6. The molecule has 0 unspecified atom stereocenters. The summed E-state index contributed by atoms with van der Waals surface area (Å²) in [5.41, 5.74) is 1.63. The van der Waals surface area contributed by atoms with Crippen molar-refractivity contribution in [2.45, 2.75) is 37.3 Å². The highest BCUT2D eigenvalue weighted by atomic mass is 32.2. The highest BCUT2D eigenvalue weighted by Gasteiger charge is 2.57. The van der Waals surface area contributed by atoms with Gasteiger partial charge in [0.1, 0.15) is 29.0 Å². The maximum atomic E-state index is 12.6. The van der Waals surface area contributed by atoms with Gasteiger partial charge in [-0.3, -0.25) is 4.79 Å². The molecule has 2 fully saturated rings. The smallest absolute Gasteiger partial charge is 0.330 e. The van der Waals surface area contributed by atoms with Gasteiger partial charge in [-0.25, -0.2) is 4.79 Å². The maximum Gasteiger partial charge on any atom is 0.330 e. The summed E-state index contributed by atoms with van der Waals surface area (Å²) in [6.07, 6.45) is 1.17. The third-order valence-electron chi connectivity index (χ3n) is 4.66. The van der Waals surface area contributed by atoms with E-state index in [1.165, 1.54) is 0 Å². The van der Waals surface area contributed by atoms with E-state index in [0.717, 1.165) is 5.56 Å². The van der Waals surface area contributed by atoms with Crippen molar-refractivity contribution < 1.29 is 18.8 Å². The molecule has 1 aromatic carbocycles. The normalized spacial score (nSPS) is 25.2. The second kappa shape index (κ2) is 6.22. The average molecular weight is 358 g/mol. The van der Waals surface area contributed by atoms with Crippen LogP contribution in [-0.4, -0.2) is 33.7 Å². The molecule has 6 nitrogen and oxygen atoms in total. The largest absolute Gasteiger partial charge is 0.457 e. The quantitative estimate of drug-likeness (QED) is 0.783. The molecule has 0 aliphatic carbocycles. The van der Waals surface area contributed by atoms with Gasteiger partial charge in [-0.05, 0) is 18.9 Å². The molecule has 2 atom stereocenters. The number of hydrogen-bond donors (Lipinski definition) is 0. The number of aryl methyl sites for hydroxylation is 1. The molecule has 0 radical (unpaired) electrons. The number of carbonyl (C=O) groups excluding carboxylic acids is 2. The fourth-order valence-electron chi connectivity index (χ4n) is 3.54. The summed E-state index contributed by atoms with van der Waals surface area (Å²) in [6, 6.07) is 11.1. The van der Waals surface area contributed by atoms with Crippen molar-refractivity contribution in [1.82, 2.24) is 10.1 Å². The molecular weight excluding hydrogens is 340 g/mol. The van der Waals surface area contributed by atoms with E-state index in [1.807, 2.05) is 30.3 Å². The molecule has 0 bridgehead atoms. The Balaban J connectivity index is 1.53. The number of thioether (sulfide) groups is 1. The summed E-state index contributed by atoms with van der Waals surface area (Å²) in [7, 11) is 0. The van der Waals surface area contributed by atoms with Gasteiger partial charge in [-0.15, -0.1) is 11.8 Å². The van der Waals surface area contributed by atoms with E-state index < -0.39 is 10.9 Å². The number of amides is 1. The van der Waals surface area contributed by atoms with Crippen LogP contribution in [0.2, 0.25) is 0 Å². The lowest BCUT2D eigenvalue weighted by molar-refractivity contribution is -0.155. The van der Waals surface area contributed by atoms with Crippen LogP contribution in [0.3, 0.4) is 0 Å². The van der Waals surface area contributed by atoms with Crippen molar-refractivity contribution in [1.29, 1.82) is 0 Å². The number of benzene rings is 1. The Hall–Kier alpha value is -2.28.